The molecule has 2 aliphatic heterocycles. The fraction of sp³-hybridized carbons (Fsp3) is 1.00. The van der Waals surface area contributed by atoms with Gasteiger partial charge >= 0.3 is 0 Å². The summed E-state index contributed by atoms with van der Waals surface area (Å²) in [5, 5.41) is 0. The third-order valence-corrected chi connectivity index (χ3v) is 2.91. The van der Waals surface area contributed by atoms with E-state index in [-0.39, 0.29) is 5.79 Å². The van der Waals surface area contributed by atoms with Gasteiger partial charge in [0.2, 0.25) is 0 Å². The lowest BCUT2D eigenvalue weighted by Crippen LogP contribution is -2.40. The van der Waals surface area contributed by atoms with Crippen LogP contribution in [-0.4, -0.2) is 19.0 Å². The van der Waals surface area contributed by atoms with E-state index in [2.05, 4.69) is 6.92 Å². The normalized spacial score (nSPS) is 45.0. The van der Waals surface area contributed by atoms with Crippen molar-refractivity contribution in [3.8, 4) is 0 Å². The number of ether oxygens (including phenoxy) is 2. The zero-order chi connectivity index (χ0) is 7.73. The van der Waals surface area contributed by atoms with Crippen molar-refractivity contribution in [2.45, 2.75) is 38.4 Å². The lowest BCUT2D eigenvalue weighted by molar-refractivity contribution is -0.247. The van der Waals surface area contributed by atoms with Crippen LogP contribution in [0.2, 0.25) is 0 Å². The van der Waals surface area contributed by atoms with Crippen LogP contribution in [0.3, 0.4) is 0 Å². The monoisotopic (exact) mass is 156 g/mol. The van der Waals surface area contributed by atoms with Gasteiger partial charge in [-0.2, -0.15) is 0 Å². The zero-order valence-electron chi connectivity index (χ0n) is 7.14. The Morgan fingerprint density at radius 1 is 1.18 bits per heavy atom. The van der Waals surface area contributed by atoms with Crippen molar-refractivity contribution in [3.05, 3.63) is 0 Å². The highest BCUT2D eigenvalue weighted by atomic mass is 16.7. The second-order valence-corrected chi connectivity index (χ2v) is 3.66. The Hall–Kier alpha value is -0.0800. The molecule has 0 amide bonds. The summed E-state index contributed by atoms with van der Waals surface area (Å²) in [6.45, 7) is 4.02. The molecule has 0 N–H and O–H groups in total. The van der Waals surface area contributed by atoms with Gasteiger partial charge in [-0.3, -0.25) is 0 Å². The van der Waals surface area contributed by atoms with Crippen molar-refractivity contribution in [2.24, 2.45) is 5.92 Å². The van der Waals surface area contributed by atoms with Crippen LogP contribution < -0.4 is 0 Å². The summed E-state index contributed by atoms with van der Waals surface area (Å²) in [7, 11) is 0. The van der Waals surface area contributed by atoms with E-state index in [0.29, 0.717) is 5.92 Å². The lowest BCUT2D eigenvalue weighted by Gasteiger charge is -2.36. The van der Waals surface area contributed by atoms with Gasteiger partial charge in [-0.25, -0.2) is 0 Å². The van der Waals surface area contributed by atoms with Crippen LogP contribution in [0.5, 0.6) is 0 Å². The summed E-state index contributed by atoms with van der Waals surface area (Å²) in [5.74, 6) is 0.431. The first-order chi connectivity index (χ1) is 5.33. The summed E-state index contributed by atoms with van der Waals surface area (Å²) < 4.78 is 11.4. The Balaban J connectivity index is 2.06. The highest BCUT2D eigenvalue weighted by molar-refractivity contribution is 4.84. The maximum absolute atomic E-state index is 5.72. The second kappa shape index (κ2) is 2.76. The number of rotatable bonds is 0. The minimum absolute atomic E-state index is 0.168. The Kier molecular flexibility index (Phi) is 1.90. The molecule has 0 aliphatic carbocycles. The maximum atomic E-state index is 5.72. The smallest absolute Gasteiger partial charge is 0.170 e. The van der Waals surface area contributed by atoms with E-state index in [1.54, 1.807) is 0 Å². The summed E-state index contributed by atoms with van der Waals surface area (Å²) in [5.41, 5.74) is 0. The van der Waals surface area contributed by atoms with Crippen molar-refractivity contribution in [1.82, 2.24) is 0 Å². The first-order valence-electron chi connectivity index (χ1n) is 4.61. The van der Waals surface area contributed by atoms with Crippen molar-refractivity contribution in [1.29, 1.82) is 0 Å². The fourth-order valence-electron chi connectivity index (χ4n) is 2.06. The van der Waals surface area contributed by atoms with Crippen LogP contribution in [0, 0.1) is 5.92 Å². The van der Waals surface area contributed by atoms with E-state index in [0.717, 1.165) is 19.6 Å². The summed E-state index contributed by atoms with van der Waals surface area (Å²) in [4.78, 5) is 0. The molecule has 0 saturated carbocycles. The Labute approximate surface area is 67.9 Å². The molecular weight excluding hydrogens is 140 g/mol. The molecule has 0 aromatic carbocycles. The first kappa shape index (κ1) is 7.56. The molecule has 2 fully saturated rings. The van der Waals surface area contributed by atoms with E-state index in [1.165, 1.54) is 19.3 Å². The molecule has 2 heterocycles. The molecule has 0 aromatic heterocycles. The van der Waals surface area contributed by atoms with Gasteiger partial charge in [0, 0.05) is 12.3 Å². The number of hydrogen-bond donors (Lipinski definition) is 0. The van der Waals surface area contributed by atoms with Crippen LogP contribution in [0.15, 0.2) is 0 Å². The molecule has 2 rings (SSSR count). The third-order valence-electron chi connectivity index (χ3n) is 2.91. The van der Waals surface area contributed by atoms with Crippen molar-refractivity contribution in [3.63, 3.8) is 0 Å². The zero-order valence-corrected chi connectivity index (χ0v) is 7.14. The van der Waals surface area contributed by atoms with Crippen LogP contribution in [-0.2, 0) is 9.47 Å². The maximum Gasteiger partial charge on any atom is 0.170 e. The highest BCUT2D eigenvalue weighted by Gasteiger charge is 2.43. The molecule has 2 saturated heterocycles. The topological polar surface area (TPSA) is 18.5 Å². The molecule has 11 heavy (non-hydrogen) atoms. The molecule has 2 aliphatic rings. The standard InChI is InChI=1S/C9H16O2/c1-8-4-7-11-9(8)5-2-3-6-10-9/h8H,2-7H2,1H3/t8-,9-/m0/s1. The molecule has 2 atom stereocenters. The van der Waals surface area contributed by atoms with Gasteiger partial charge in [0.1, 0.15) is 0 Å². The Morgan fingerprint density at radius 3 is 2.55 bits per heavy atom. The van der Waals surface area contributed by atoms with E-state index >= 15 is 0 Å². The molecule has 2 nitrogen and oxygen atoms in total. The van der Waals surface area contributed by atoms with Gasteiger partial charge in [-0.05, 0) is 19.3 Å². The lowest BCUT2D eigenvalue weighted by atomic mass is 9.93. The molecular formula is C9H16O2. The van der Waals surface area contributed by atoms with E-state index in [4.69, 9.17) is 9.47 Å². The minimum Gasteiger partial charge on any atom is -0.350 e. The van der Waals surface area contributed by atoms with Gasteiger partial charge in [0.05, 0.1) is 13.2 Å². The Morgan fingerprint density at radius 2 is 2.00 bits per heavy atom. The first-order valence-corrected chi connectivity index (χ1v) is 4.61. The van der Waals surface area contributed by atoms with Gasteiger partial charge in [-0.1, -0.05) is 6.92 Å². The van der Waals surface area contributed by atoms with Crippen molar-refractivity contribution < 1.29 is 9.47 Å². The minimum atomic E-state index is -0.168. The van der Waals surface area contributed by atoms with E-state index in [1.807, 2.05) is 0 Å². The molecule has 0 bridgehead atoms. The fourth-order valence-corrected chi connectivity index (χ4v) is 2.06. The molecule has 64 valence electrons. The van der Waals surface area contributed by atoms with Crippen LogP contribution in [0.4, 0.5) is 0 Å². The highest BCUT2D eigenvalue weighted by Crippen LogP contribution is 2.39. The predicted octanol–water partition coefficient (Wildman–Crippen LogP) is 1.94. The van der Waals surface area contributed by atoms with Crippen molar-refractivity contribution in [2.75, 3.05) is 13.2 Å². The van der Waals surface area contributed by atoms with E-state index in [9.17, 15) is 0 Å². The van der Waals surface area contributed by atoms with Gasteiger partial charge in [0.25, 0.3) is 0 Å². The van der Waals surface area contributed by atoms with Crippen LogP contribution in [0.1, 0.15) is 32.6 Å². The molecule has 1 spiro atoms. The number of hydrogen-bond acceptors (Lipinski definition) is 2. The molecule has 0 radical (unpaired) electrons. The Bertz CT molecular complexity index is 138. The second-order valence-electron chi connectivity index (χ2n) is 3.66. The average molecular weight is 156 g/mol. The predicted molar refractivity (Wildman–Crippen MR) is 42.3 cm³/mol. The average Bonchev–Trinajstić information content (AvgIpc) is 2.36. The molecule has 2 heteroatoms. The van der Waals surface area contributed by atoms with Crippen LogP contribution >= 0.6 is 0 Å². The SMILES string of the molecule is C[C@H]1CCO[C@@]12CCCCO2. The largest absolute Gasteiger partial charge is 0.350 e. The molecule has 0 aromatic rings. The summed E-state index contributed by atoms with van der Waals surface area (Å²) >= 11 is 0. The van der Waals surface area contributed by atoms with Gasteiger partial charge in [0.15, 0.2) is 5.79 Å². The van der Waals surface area contributed by atoms with Gasteiger partial charge < -0.3 is 9.47 Å². The van der Waals surface area contributed by atoms with Crippen LogP contribution in [0.25, 0.3) is 0 Å². The summed E-state index contributed by atoms with van der Waals surface area (Å²) in [6.07, 6.45) is 4.75. The molecule has 0 unspecified atom stereocenters. The van der Waals surface area contributed by atoms with Crippen molar-refractivity contribution >= 4 is 0 Å². The van der Waals surface area contributed by atoms with Gasteiger partial charge in [-0.15, -0.1) is 0 Å². The quantitative estimate of drug-likeness (QED) is 0.533. The summed E-state index contributed by atoms with van der Waals surface area (Å²) in [6, 6.07) is 0. The van der Waals surface area contributed by atoms with E-state index < -0.39 is 0 Å². The third kappa shape index (κ3) is 1.18.